The molecule has 20 heavy (non-hydrogen) atoms. The van der Waals surface area contributed by atoms with Gasteiger partial charge >= 0.3 is 0 Å². The van der Waals surface area contributed by atoms with Crippen LogP contribution in [0.4, 0.5) is 5.69 Å². The molecule has 114 valence electrons. The topological polar surface area (TPSA) is 102 Å². The largest absolute Gasteiger partial charge is 0.490 e. The van der Waals surface area contributed by atoms with Crippen molar-refractivity contribution in [3.63, 3.8) is 0 Å². The van der Waals surface area contributed by atoms with Crippen molar-refractivity contribution in [1.29, 1.82) is 0 Å². The summed E-state index contributed by atoms with van der Waals surface area (Å²) in [6.07, 6.45) is 0. The van der Waals surface area contributed by atoms with Crippen molar-refractivity contribution in [2.75, 3.05) is 24.7 Å². The second-order valence-electron chi connectivity index (χ2n) is 4.86. The van der Waals surface area contributed by atoms with Gasteiger partial charge in [-0.1, -0.05) is 26.0 Å². The van der Waals surface area contributed by atoms with Crippen molar-refractivity contribution in [1.82, 2.24) is 4.72 Å². The molecular formula is C13H22N2O4S. The molecule has 4 N–H and O–H groups in total. The smallest absolute Gasteiger partial charge is 0.215 e. The number of sulfonamides is 1. The Morgan fingerprint density at radius 2 is 2.00 bits per heavy atom. The van der Waals surface area contributed by atoms with Crippen molar-refractivity contribution < 1.29 is 18.3 Å². The molecule has 0 saturated carbocycles. The predicted molar refractivity (Wildman–Crippen MR) is 79.0 cm³/mol. The Kier molecular flexibility index (Phi) is 6.25. The third-order valence-corrected chi connectivity index (χ3v) is 4.23. The second-order valence-corrected chi connectivity index (χ2v) is 6.73. The van der Waals surface area contributed by atoms with Gasteiger partial charge in [0.2, 0.25) is 10.0 Å². The van der Waals surface area contributed by atoms with Gasteiger partial charge in [-0.3, -0.25) is 0 Å². The van der Waals surface area contributed by atoms with E-state index >= 15 is 0 Å². The molecule has 0 fully saturated rings. The van der Waals surface area contributed by atoms with Crippen LogP contribution in [0.15, 0.2) is 24.3 Å². The molecule has 0 aliphatic rings. The zero-order valence-electron chi connectivity index (χ0n) is 11.7. The summed E-state index contributed by atoms with van der Waals surface area (Å²) >= 11 is 0. The molecule has 0 spiro atoms. The molecule has 1 unspecified atom stereocenters. The normalized spacial score (nSPS) is 13.4. The predicted octanol–water partition coefficient (Wildman–Crippen LogP) is 0.584. The van der Waals surface area contributed by atoms with Crippen LogP contribution in [-0.4, -0.2) is 38.5 Å². The summed E-state index contributed by atoms with van der Waals surface area (Å²) in [5, 5.41) is 9.12. The summed E-state index contributed by atoms with van der Waals surface area (Å²) in [4.78, 5) is 0. The summed E-state index contributed by atoms with van der Waals surface area (Å²) in [5.74, 6) is 0.288. The summed E-state index contributed by atoms with van der Waals surface area (Å²) in [6, 6.07) is 6.41. The van der Waals surface area contributed by atoms with Gasteiger partial charge in [0, 0.05) is 6.04 Å². The van der Waals surface area contributed by atoms with Crippen LogP contribution >= 0.6 is 0 Å². The lowest BCUT2D eigenvalue weighted by Gasteiger charge is -2.19. The van der Waals surface area contributed by atoms with Crippen LogP contribution in [0.25, 0.3) is 0 Å². The van der Waals surface area contributed by atoms with E-state index in [9.17, 15) is 8.42 Å². The SMILES string of the molecule is CC(C)C(CO)NS(=O)(=O)CCOc1ccccc1N. The number of para-hydroxylation sites is 2. The molecule has 0 bridgehead atoms. The van der Waals surface area contributed by atoms with Crippen molar-refractivity contribution in [3.05, 3.63) is 24.3 Å². The second kappa shape index (κ2) is 7.47. The van der Waals surface area contributed by atoms with E-state index in [4.69, 9.17) is 15.6 Å². The monoisotopic (exact) mass is 302 g/mol. The van der Waals surface area contributed by atoms with Gasteiger partial charge in [0.25, 0.3) is 0 Å². The molecule has 0 aromatic heterocycles. The highest BCUT2D eigenvalue weighted by Gasteiger charge is 2.20. The summed E-state index contributed by atoms with van der Waals surface area (Å²) in [6.45, 7) is 3.44. The zero-order chi connectivity index (χ0) is 15.2. The Bertz CT molecular complexity index is 517. The first-order chi connectivity index (χ1) is 9.35. The van der Waals surface area contributed by atoms with Gasteiger partial charge in [-0.25, -0.2) is 13.1 Å². The lowest BCUT2D eigenvalue weighted by Crippen LogP contribution is -2.42. The third kappa shape index (κ3) is 5.36. The number of nitrogen functional groups attached to an aromatic ring is 1. The van der Waals surface area contributed by atoms with Crippen LogP contribution in [0.2, 0.25) is 0 Å². The number of aliphatic hydroxyl groups is 1. The first kappa shape index (κ1) is 16.7. The molecule has 1 aromatic rings. The van der Waals surface area contributed by atoms with E-state index in [0.717, 1.165) is 0 Å². The highest BCUT2D eigenvalue weighted by atomic mass is 32.2. The highest BCUT2D eigenvalue weighted by molar-refractivity contribution is 7.89. The standard InChI is InChI=1S/C13H22N2O4S/c1-10(2)12(9-16)15-20(17,18)8-7-19-13-6-4-3-5-11(13)14/h3-6,10,12,15-16H,7-9,14H2,1-2H3. The maximum Gasteiger partial charge on any atom is 0.215 e. The summed E-state index contributed by atoms with van der Waals surface area (Å²) < 4.78 is 31.5. The van der Waals surface area contributed by atoms with Crippen LogP contribution < -0.4 is 15.2 Å². The average molecular weight is 302 g/mol. The average Bonchev–Trinajstić information content (AvgIpc) is 2.38. The minimum Gasteiger partial charge on any atom is -0.490 e. The third-order valence-electron chi connectivity index (χ3n) is 2.86. The van der Waals surface area contributed by atoms with E-state index in [-0.39, 0.29) is 24.9 Å². The van der Waals surface area contributed by atoms with Crippen molar-refractivity contribution >= 4 is 15.7 Å². The Labute approximate surface area is 120 Å². The highest BCUT2D eigenvalue weighted by Crippen LogP contribution is 2.19. The molecule has 1 atom stereocenters. The molecule has 0 amide bonds. The minimum atomic E-state index is -3.50. The molecule has 6 nitrogen and oxygen atoms in total. The molecule has 0 aliphatic heterocycles. The fraction of sp³-hybridized carbons (Fsp3) is 0.538. The number of hydrogen-bond donors (Lipinski definition) is 3. The van der Waals surface area contributed by atoms with E-state index in [2.05, 4.69) is 4.72 Å². The van der Waals surface area contributed by atoms with Crippen molar-refractivity contribution in [2.45, 2.75) is 19.9 Å². The molecule has 7 heteroatoms. The van der Waals surface area contributed by atoms with Gasteiger partial charge in [-0.15, -0.1) is 0 Å². The Morgan fingerprint density at radius 3 is 2.55 bits per heavy atom. The summed E-state index contributed by atoms with van der Waals surface area (Å²) in [5.41, 5.74) is 6.16. The first-order valence-electron chi connectivity index (χ1n) is 6.44. The number of aliphatic hydroxyl groups excluding tert-OH is 1. The van der Waals surface area contributed by atoms with Gasteiger partial charge in [0.05, 0.1) is 18.0 Å². The van der Waals surface area contributed by atoms with Gasteiger partial charge in [-0.05, 0) is 18.1 Å². The molecule has 0 saturated heterocycles. The first-order valence-corrected chi connectivity index (χ1v) is 8.09. The van der Waals surface area contributed by atoms with Gasteiger partial charge < -0.3 is 15.6 Å². The van der Waals surface area contributed by atoms with Crippen LogP contribution in [0, 0.1) is 5.92 Å². The van der Waals surface area contributed by atoms with E-state index in [0.29, 0.717) is 11.4 Å². The lowest BCUT2D eigenvalue weighted by molar-refractivity contribution is 0.227. The minimum absolute atomic E-state index is 0.000208. The number of nitrogens with two attached hydrogens (primary N) is 1. The van der Waals surface area contributed by atoms with E-state index in [1.54, 1.807) is 24.3 Å². The number of hydrogen-bond acceptors (Lipinski definition) is 5. The van der Waals surface area contributed by atoms with Crippen LogP contribution in [-0.2, 0) is 10.0 Å². The van der Waals surface area contributed by atoms with Crippen molar-refractivity contribution in [2.24, 2.45) is 5.92 Å². The number of ether oxygens (including phenoxy) is 1. The molecule has 0 radical (unpaired) electrons. The molecule has 0 heterocycles. The lowest BCUT2D eigenvalue weighted by atomic mass is 10.1. The van der Waals surface area contributed by atoms with Crippen LogP contribution in [0.5, 0.6) is 5.75 Å². The van der Waals surface area contributed by atoms with Crippen LogP contribution in [0.3, 0.4) is 0 Å². The Morgan fingerprint density at radius 1 is 1.35 bits per heavy atom. The summed E-state index contributed by atoms with van der Waals surface area (Å²) in [7, 11) is -3.50. The Balaban J connectivity index is 2.50. The molecule has 0 aliphatic carbocycles. The van der Waals surface area contributed by atoms with Gasteiger partial charge in [0.1, 0.15) is 12.4 Å². The Hall–Kier alpha value is -1.31. The van der Waals surface area contributed by atoms with E-state index in [1.807, 2.05) is 13.8 Å². The van der Waals surface area contributed by atoms with E-state index < -0.39 is 16.1 Å². The quantitative estimate of drug-likeness (QED) is 0.610. The van der Waals surface area contributed by atoms with Crippen molar-refractivity contribution in [3.8, 4) is 5.75 Å². The zero-order valence-corrected chi connectivity index (χ0v) is 12.6. The van der Waals surface area contributed by atoms with Gasteiger partial charge in [-0.2, -0.15) is 0 Å². The number of benzene rings is 1. The molecule has 1 aromatic carbocycles. The fourth-order valence-electron chi connectivity index (χ4n) is 1.55. The maximum atomic E-state index is 11.8. The molecular weight excluding hydrogens is 280 g/mol. The van der Waals surface area contributed by atoms with Crippen LogP contribution in [0.1, 0.15) is 13.8 Å². The van der Waals surface area contributed by atoms with E-state index in [1.165, 1.54) is 0 Å². The number of anilines is 1. The molecule has 1 rings (SSSR count). The number of nitrogens with one attached hydrogen (secondary N) is 1. The number of rotatable bonds is 8. The fourth-order valence-corrected chi connectivity index (χ4v) is 2.78. The van der Waals surface area contributed by atoms with Gasteiger partial charge in [0.15, 0.2) is 0 Å². The maximum absolute atomic E-state index is 11.8.